The number of H-pyrrole nitrogens is 1. The van der Waals surface area contributed by atoms with E-state index in [9.17, 15) is 14.4 Å². The summed E-state index contributed by atoms with van der Waals surface area (Å²) in [6, 6.07) is 7.72. The molecule has 200 valence electrons. The van der Waals surface area contributed by atoms with Gasteiger partial charge in [-0.15, -0.1) is 11.8 Å². The van der Waals surface area contributed by atoms with Crippen molar-refractivity contribution in [1.29, 1.82) is 0 Å². The molecular weight excluding hydrogens is 470 g/mol. The zero-order valence-corrected chi connectivity index (χ0v) is 22.1. The summed E-state index contributed by atoms with van der Waals surface area (Å²) in [5.41, 5.74) is 7.43. The van der Waals surface area contributed by atoms with E-state index in [2.05, 4.69) is 26.9 Å². The van der Waals surface area contributed by atoms with Crippen LogP contribution in [0, 0.1) is 11.8 Å². The molecule has 2 fully saturated rings. The molecule has 3 heterocycles. The molecule has 2 aliphatic rings. The number of nitrogens with one attached hydrogen (secondary N) is 2. The van der Waals surface area contributed by atoms with Crippen molar-refractivity contribution in [3.05, 3.63) is 42.4 Å². The number of esters is 1. The summed E-state index contributed by atoms with van der Waals surface area (Å²) in [6.45, 7) is 6.46. The lowest BCUT2D eigenvalue weighted by atomic mass is 10.2. The number of anilines is 1. The van der Waals surface area contributed by atoms with Crippen molar-refractivity contribution in [2.75, 3.05) is 38.6 Å². The second-order valence-electron chi connectivity index (χ2n) is 8.71. The van der Waals surface area contributed by atoms with Crippen LogP contribution in [-0.4, -0.2) is 65.9 Å². The minimum Gasteiger partial charge on any atom is -0.466 e. The predicted molar refractivity (Wildman–Crippen MR) is 146 cm³/mol. The van der Waals surface area contributed by atoms with E-state index in [-0.39, 0.29) is 17.6 Å². The highest BCUT2D eigenvalue weighted by Crippen LogP contribution is 2.22. The van der Waals surface area contributed by atoms with Crippen LogP contribution in [0.5, 0.6) is 0 Å². The maximum atomic E-state index is 11.9. The Morgan fingerprint density at radius 2 is 1.78 bits per heavy atom. The van der Waals surface area contributed by atoms with Crippen LogP contribution in [0.25, 0.3) is 10.9 Å². The normalized spacial score (nSPS) is 15.3. The molecule has 2 aliphatic heterocycles. The van der Waals surface area contributed by atoms with E-state index in [0.29, 0.717) is 13.0 Å². The van der Waals surface area contributed by atoms with Crippen LogP contribution >= 0.6 is 0 Å². The zero-order valence-electron chi connectivity index (χ0n) is 22.1. The fraction of sp³-hybridized carbons (Fsp3) is 0.464. The highest BCUT2D eigenvalue weighted by Gasteiger charge is 2.23. The van der Waals surface area contributed by atoms with E-state index >= 15 is 0 Å². The molecule has 9 heteroatoms. The fourth-order valence-electron chi connectivity index (χ4n) is 4.00. The molecule has 2 saturated heterocycles. The number of fused-ring (bicyclic) bond motifs is 1. The van der Waals surface area contributed by atoms with Gasteiger partial charge in [0.2, 0.25) is 11.8 Å². The van der Waals surface area contributed by atoms with Gasteiger partial charge in [0.25, 0.3) is 0 Å². The summed E-state index contributed by atoms with van der Waals surface area (Å²) in [4.78, 5) is 41.4. The van der Waals surface area contributed by atoms with Crippen molar-refractivity contribution in [2.45, 2.75) is 52.4 Å². The van der Waals surface area contributed by atoms with E-state index in [1.807, 2.05) is 49.2 Å². The predicted octanol–water partition coefficient (Wildman–Crippen LogP) is 3.59. The third-order valence-electron chi connectivity index (χ3n) is 6.05. The molecule has 9 nitrogen and oxygen atoms in total. The van der Waals surface area contributed by atoms with Gasteiger partial charge in [0.15, 0.2) is 0 Å². The minimum atomic E-state index is -0.492. The molecule has 1 aromatic heterocycles. The van der Waals surface area contributed by atoms with Crippen molar-refractivity contribution >= 4 is 34.4 Å². The number of para-hydroxylation sites is 1. The highest BCUT2D eigenvalue weighted by molar-refractivity contribution is 5.92. The molecular formula is C28H39N5O4. The number of hydrogen-bond donors (Lipinski definition) is 3. The quantitative estimate of drug-likeness (QED) is 0.322. The number of nitrogens with two attached hydrogens (primary N) is 1. The van der Waals surface area contributed by atoms with Crippen LogP contribution in [0.15, 0.2) is 42.4 Å². The van der Waals surface area contributed by atoms with Gasteiger partial charge in [-0.25, -0.2) is 4.79 Å². The van der Waals surface area contributed by atoms with E-state index < -0.39 is 5.97 Å². The van der Waals surface area contributed by atoms with Crippen molar-refractivity contribution in [3.8, 4) is 11.8 Å². The van der Waals surface area contributed by atoms with Gasteiger partial charge in [-0.05, 0) is 51.7 Å². The van der Waals surface area contributed by atoms with E-state index in [4.69, 9.17) is 5.73 Å². The summed E-state index contributed by atoms with van der Waals surface area (Å²) < 4.78 is 4.49. The van der Waals surface area contributed by atoms with Crippen LogP contribution in [0.3, 0.4) is 0 Å². The first-order valence-corrected chi connectivity index (χ1v) is 12.7. The van der Waals surface area contributed by atoms with E-state index in [0.717, 1.165) is 68.3 Å². The minimum absolute atomic E-state index is 0.132. The van der Waals surface area contributed by atoms with Gasteiger partial charge in [0.05, 0.1) is 30.9 Å². The molecule has 0 atom stereocenters. The number of ether oxygens (including phenoxy) is 1. The van der Waals surface area contributed by atoms with E-state index in [1.54, 1.807) is 4.90 Å². The maximum Gasteiger partial charge on any atom is 0.334 e. The average molecular weight is 510 g/mol. The first kappa shape index (κ1) is 29.3. The first-order chi connectivity index (χ1) is 17.9. The Morgan fingerprint density at radius 1 is 1.08 bits per heavy atom. The monoisotopic (exact) mass is 509 g/mol. The van der Waals surface area contributed by atoms with Gasteiger partial charge in [-0.1, -0.05) is 18.6 Å². The van der Waals surface area contributed by atoms with Crippen LogP contribution in [0.1, 0.15) is 52.4 Å². The molecule has 0 aliphatic carbocycles. The maximum absolute atomic E-state index is 11.9. The smallest absolute Gasteiger partial charge is 0.334 e. The number of amides is 2. The molecule has 4 N–H and O–H groups in total. The van der Waals surface area contributed by atoms with Crippen molar-refractivity contribution < 1.29 is 19.1 Å². The van der Waals surface area contributed by atoms with Crippen LogP contribution in [0.4, 0.5) is 5.69 Å². The molecule has 1 aromatic carbocycles. The second-order valence-corrected chi connectivity index (χ2v) is 8.71. The van der Waals surface area contributed by atoms with Crippen LogP contribution < -0.4 is 11.1 Å². The van der Waals surface area contributed by atoms with Gasteiger partial charge < -0.3 is 30.6 Å². The van der Waals surface area contributed by atoms with Gasteiger partial charge >= 0.3 is 5.97 Å². The molecule has 0 unspecified atom stereocenters. The van der Waals surface area contributed by atoms with Crippen molar-refractivity contribution in [3.63, 3.8) is 0 Å². The molecule has 0 bridgehead atoms. The lowest BCUT2D eigenvalue weighted by Gasteiger charge is -2.23. The molecule has 0 spiro atoms. The Kier molecular flexibility index (Phi) is 12.6. The molecule has 0 radical (unpaired) electrons. The molecule has 2 amide bonds. The number of hydrogen-bond acceptors (Lipinski definition) is 6. The lowest BCUT2D eigenvalue weighted by Crippen LogP contribution is -2.41. The second kappa shape index (κ2) is 15.9. The number of aromatic nitrogens is 1. The topological polar surface area (TPSA) is 121 Å². The Bertz CT molecular complexity index is 1120. The molecule has 37 heavy (non-hydrogen) atoms. The summed E-state index contributed by atoms with van der Waals surface area (Å²) in [5.74, 6) is 5.39. The van der Waals surface area contributed by atoms with E-state index in [1.165, 1.54) is 13.2 Å². The van der Waals surface area contributed by atoms with Crippen molar-refractivity contribution in [1.82, 2.24) is 14.8 Å². The molecule has 4 rings (SSSR count). The van der Waals surface area contributed by atoms with Gasteiger partial charge in [-0.2, -0.15) is 0 Å². The fourth-order valence-corrected chi connectivity index (χ4v) is 4.00. The zero-order chi connectivity index (χ0) is 27.0. The third-order valence-corrected chi connectivity index (χ3v) is 6.05. The average Bonchev–Trinajstić information content (AvgIpc) is 3.57. The van der Waals surface area contributed by atoms with Gasteiger partial charge in [0.1, 0.15) is 5.82 Å². The first-order valence-electron chi connectivity index (χ1n) is 12.7. The Balaban J connectivity index is 0.000000228. The lowest BCUT2D eigenvalue weighted by molar-refractivity contribution is -0.139. The Morgan fingerprint density at radius 3 is 2.46 bits per heavy atom. The Hall–Kier alpha value is -3.93. The number of carbonyl (C=O) groups is 3. The van der Waals surface area contributed by atoms with Crippen LogP contribution in [0.2, 0.25) is 0 Å². The molecule has 2 aromatic rings. The summed E-state index contributed by atoms with van der Waals surface area (Å²) in [7, 11) is 1.30. The van der Waals surface area contributed by atoms with Crippen molar-refractivity contribution in [2.24, 2.45) is 5.73 Å². The SMILES string of the molecule is CC#CC.COC(=O)/C=C(\N)Nc1cccc2cc[nH]c12.O=C(CN1CCCCCC1=O)N1CCCC1. The van der Waals surface area contributed by atoms with Gasteiger partial charge in [-0.3, -0.25) is 9.59 Å². The number of aromatic amines is 1. The van der Waals surface area contributed by atoms with Crippen LogP contribution in [-0.2, 0) is 19.1 Å². The third kappa shape index (κ3) is 9.92. The number of benzene rings is 1. The molecule has 0 saturated carbocycles. The summed E-state index contributed by atoms with van der Waals surface area (Å²) in [5, 5.41) is 4.01. The summed E-state index contributed by atoms with van der Waals surface area (Å²) >= 11 is 0. The number of likely N-dealkylation sites (tertiary alicyclic amines) is 2. The number of rotatable bonds is 5. The Labute approximate surface area is 219 Å². The number of methoxy groups -OCH3 is 1. The van der Waals surface area contributed by atoms with Gasteiger partial charge in [0, 0.05) is 37.6 Å². The standard InChI is InChI=1S/C12H13N3O2.C12H20N2O2.C4H6/c1-17-11(16)7-10(13)15-9-4-2-3-8-5-6-14-12(8)9;15-11-6-2-1-3-9-14(11)10-12(16)13-7-4-5-8-13;1-3-4-2/h2-7,14-15H,13H2,1H3;1-10H2;1-2H3/b10-7+;;. The number of nitrogens with zero attached hydrogens (tertiary/aromatic N) is 2. The summed E-state index contributed by atoms with van der Waals surface area (Å²) in [6.07, 6.45) is 9.01. The largest absolute Gasteiger partial charge is 0.466 e. The highest BCUT2D eigenvalue weighted by atomic mass is 16.5. The number of carbonyl (C=O) groups excluding carboxylic acids is 3.